The van der Waals surface area contributed by atoms with Crippen molar-refractivity contribution in [1.29, 1.82) is 0 Å². The van der Waals surface area contributed by atoms with Crippen molar-refractivity contribution in [2.24, 2.45) is 17.8 Å². The molecule has 4 aliphatic carbocycles. The number of rotatable bonds is 5. The van der Waals surface area contributed by atoms with Gasteiger partial charge in [-0.3, -0.25) is 0 Å². The summed E-state index contributed by atoms with van der Waals surface area (Å²) in [5.74, 6) is 2.90. The maximum Gasteiger partial charge on any atom is 0.328 e. The molecule has 3 heteroatoms. The van der Waals surface area contributed by atoms with Crippen LogP contribution in [0.4, 0.5) is 0 Å². The Morgan fingerprint density at radius 3 is 2.42 bits per heavy atom. The zero-order valence-corrected chi connectivity index (χ0v) is 18.6. The number of aliphatic carboxylic acids is 1. The van der Waals surface area contributed by atoms with Crippen LogP contribution in [0.3, 0.4) is 0 Å². The molecule has 1 aromatic rings. The quantitative estimate of drug-likeness (QED) is 0.442. The molecule has 1 heterocycles. The highest BCUT2D eigenvalue weighted by Gasteiger charge is 2.51. The number of hydrogen-bond acceptors (Lipinski definition) is 2. The van der Waals surface area contributed by atoms with Crippen LogP contribution in [0.15, 0.2) is 59.2 Å². The lowest BCUT2D eigenvalue weighted by atomic mass is 9.48. The maximum absolute atomic E-state index is 10.7. The molecule has 0 radical (unpaired) electrons. The molecule has 1 aliphatic heterocycles. The van der Waals surface area contributed by atoms with Crippen LogP contribution in [0.25, 0.3) is 6.08 Å². The van der Waals surface area contributed by atoms with Gasteiger partial charge in [0.25, 0.3) is 0 Å². The number of carbonyl (C=O) groups is 1. The van der Waals surface area contributed by atoms with Crippen LogP contribution in [0.5, 0.6) is 5.75 Å². The predicted molar refractivity (Wildman–Crippen MR) is 124 cm³/mol. The van der Waals surface area contributed by atoms with E-state index in [0.29, 0.717) is 12.0 Å². The minimum absolute atomic E-state index is 0.400. The second-order valence-corrected chi connectivity index (χ2v) is 10.3. The van der Waals surface area contributed by atoms with Crippen LogP contribution in [0.2, 0.25) is 0 Å². The van der Waals surface area contributed by atoms with Crippen molar-refractivity contribution < 1.29 is 14.6 Å². The summed E-state index contributed by atoms with van der Waals surface area (Å²) in [5.41, 5.74) is 6.17. The van der Waals surface area contributed by atoms with Crippen LogP contribution < -0.4 is 4.74 Å². The van der Waals surface area contributed by atoms with E-state index in [0.717, 1.165) is 34.6 Å². The Labute approximate surface area is 185 Å². The summed E-state index contributed by atoms with van der Waals surface area (Å²) in [5, 5.41) is 8.83. The number of allylic oxidation sites excluding steroid dienone is 4. The van der Waals surface area contributed by atoms with E-state index in [1.54, 1.807) is 6.92 Å². The molecule has 4 saturated carbocycles. The van der Waals surface area contributed by atoms with Gasteiger partial charge in [0.05, 0.1) is 0 Å². The number of benzene rings is 1. The van der Waals surface area contributed by atoms with E-state index in [1.807, 2.05) is 18.2 Å². The summed E-state index contributed by atoms with van der Waals surface area (Å²) >= 11 is 0. The average molecular weight is 417 g/mol. The summed E-state index contributed by atoms with van der Waals surface area (Å²) in [7, 11) is 0. The van der Waals surface area contributed by atoms with Gasteiger partial charge in [0.15, 0.2) is 0 Å². The van der Waals surface area contributed by atoms with E-state index in [1.165, 1.54) is 61.3 Å². The number of hydrogen-bond donors (Lipinski definition) is 1. The van der Waals surface area contributed by atoms with E-state index in [-0.39, 0.29) is 0 Å². The molecule has 0 aromatic heterocycles. The van der Waals surface area contributed by atoms with Crippen LogP contribution in [0, 0.1) is 17.8 Å². The number of ether oxygens (including phenoxy) is 1. The lowest BCUT2D eigenvalue weighted by Crippen LogP contribution is -2.48. The zero-order valence-electron chi connectivity index (χ0n) is 18.6. The molecule has 0 spiro atoms. The zero-order chi connectivity index (χ0) is 21.6. The molecule has 0 unspecified atom stereocenters. The van der Waals surface area contributed by atoms with Gasteiger partial charge in [0.2, 0.25) is 0 Å². The monoisotopic (exact) mass is 416 g/mol. The van der Waals surface area contributed by atoms with Gasteiger partial charge in [-0.1, -0.05) is 24.3 Å². The molecular weight excluding hydrogens is 384 g/mol. The molecule has 3 nitrogen and oxygen atoms in total. The van der Waals surface area contributed by atoms with Gasteiger partial charge in [-0.2, -0.15) is 0 Å². The Balaban J connectivity index is 1.39. The molecule has 31 heavy (non-hydrogen) atoms. The van der Waals surface area contributed by atoms with Crippen molar-refractivity contribution >= 4 is 12.0 Å². The minimum Gasteiger partial charge on any atom is -0.488 e. The van der Waals surface area contributed by atoms with Crippen molar-refractivity contribution in [1.82, 2.24) is 0 Å². The van der Waals surface area contributed by atoms with E-state index >= 15 is 0 Å². The van der Waals surface area contributed by atoms with E-state index < -0.39 is 5.97 Å². The molecule has 6 rings (SSSR count). The topological polar surface area (TPSA) is 46.5 Å². The maximum atomic E-state index is 10.7. The fourth-order valence-corrected chi connectivity index (χ4v) is 6.89. The lowest BCUT2D eigenvalue weighted by Gasteiger charge is -2.57. The predicted octanol–water partition coefficient (Wildman–Crippen LogP) is 6.46. The highest BCUT2D eigenvalue weighted by Crippen LogP contribution is 2.61. The Bertz CT molecular complexity index is 985. The number of fused-ring (bicyclic) bond motifs is 1. The lowest BCUT2D eigenvalue weighted by molar-refractivity contribution is -0.131. The molecule has 162 valence electrons. The van der Waals surface area contributed by atoms with E-state index in [2.05, 4.69) is 31.2 Å². The van der Waals surface area contributed by atoms with Crippen LogP contribution in [-0.4, -0.2) is 17.7 Å². The number of carboxylic acids is 1. The Hall–Kier alpha value is -2.55. The summed E-state index contributed by atoms with van der Waals surface area (Å²) in [6.07, 6.45) is 17.8. The van der Waals surface area contributed by atoms with Gasteiger partial charge >= 0.3 is 5.97 Å². The second-order valence-electron chi connectivity index (χ2n) is 10.3. The average Bonchev–Trinajstić information content (AvgIpc) is 2.71. The van der Waals surface area contributed by atoms with Gasteiger partial charge in [-0.15, -0.1) is 0 Å². The number of carboxylic acid groups (broad SMARTS) is 1. The third-order valence-corrected chi connectivity index (χ3v) is 7.94. The summed E-state index contributed by atoms with van der Waals surface area (Å²) in [6.45, 7) is 4.45. The second kappa shape index (κ2) is 7.85. The molecule has 5 aliphatic rings. The van der Waals surface area contributed by atoms with Crippen molar-refractivity contribution in [3.63, 3.8) is 0 Å². The Kier molecular flexibility index (Phi) is 5.16. The highest BCUT2D eigenvalue weighted by atomic mass is 16.5. The molecular formula is C28H32O3. The fourth-order valence-electron chi connectivity index (χ4n) is 6.89. The first kappa shape index (κ1) is 20.4. The van der Waals surface area contributed by atoms with E-state index in [4.69, 9.17) is 9.84 Å². The third-order valence-electron chi connectivity index (χ3n) is 7.94. The molecule has 1 N–H and O–H groups in total. The fraction of sp³-hybridized carbons (Fsp3) is 0.464. The van der Waals surface area contributed by atoms with Crippen molar-refractivity contribution in [2.45, 2.75) is 57.8 Å². The Morgan fingerprint density at radius 1 is 1.10 bits per heavy atom. The van der Waals surface area contributed by atoms with Gasteiger partial charge in [0, 0.05) is 11.6 Å². The summed E-state index contributed by atoms with van der Waals surface area (Å²) in [6, 6.07) is 6.94. The molecule has 0 saturated heterocycles. The van der Waals surface area contributed by atoms with Gasteiger partial charge < -0.3 is 9.84 Å². The first-order valence-electron chi connectivity index (χ1n) is 11.6. The normalized spacial score (nSPS) is 32.1. The van der Waals surface area contributed by atoms with Crippen molar-refractivity contribution in [3.8, 4) is 5.75 Å². The van der Waals surface area contributed by atoms with Crippen LogP contribution in [0.1, 0.15) is 63.5 Å². The first-order chi connectivity index (χ1) is 14.9. The first-order valence-corrected chi connectivity index (χ1v) is 11.6. The van der Waals surface area contributed by atoms with Gasteiger partial charge in [0.1, 0.15) is 12.4 Å². The van der Waals surface area contributed by atoms with Crippen molar-refractivity contribution in [3.05, 3.63) is 70.3 Å². The highest BCUT2D eigenvalue weighted by molar-refractivity contribution is 5.81. The standard InChI is InChI=1S/C28H32O3/c1-18(8-27(29)30)4-3-5-19(2)24-12-23-13-25(6-7-26(23)31-17-24)28-14-20-9-21(15-28)11-22(10-20)16-28/h3-8,12-13,20-22H,9-11,14-17H2,1-2H3,(H,29,30)/b4-3+,18-8-,19-5+. The van der Waals surface area contributed by atoms with Crippen molar-refractivity contribution in [2.75, 3.05) is 6.61 Å². The SMILES string of the molecule is CC(=C/C(=O)O)/C=C/C=C(\C)C1=Cc2cc(C34CC5CC(CC(C5)C3)C4)ccc2OC1. The molecule has 4 bridgehead atoms. The Morgan fingerprint density at radius 2 is 1.77 bits per heavy atom. The summed E-state index contributed by atoms with van der Waals surface area (Å²) in [4.78, 5) is 10.7. The third kappa shape index (κ3) is 4.03. The van der Waals surface area contributed by atoms with E-state index in [9.17, 15) is 4.79 Å². The van der Waals surface area contributed by atoms with Gasteiger partial charge in [-0.25, -0.2) is 4.79 Å². The van der Waals surface area contributed by atoms with Crippen LogP contribution in [-0.2, 0) is 10.2 Å². The molecule has 4 fully saturated rings. The smallest absolute Gasteiger partial charge is 0.328 e. The van der Waals surface area contributed by atoms with Gasteiger partial charge in [-0.05, 0) is 116 Å². The molecule has 1 aromatic carbocycles. The van der Waals surface area contributed by atoms with Crippen LogP contribution >= 0.6 is 0 Å². The molecule has 0 atom stereocenters. The summed E-state index contributed by atoms with van der Waals surface area (Å²) < 4.78 is 6.09. The largest absolute Gasteiger partial charge is 0.488 e. The minimum atomic E-state index is -0.919. The molecule has 0 amide bonds.